The summed E-state index contributed by atoms with van der Waals surface area (Å²) in [6.07, 6.45) is 0. The molecule has 0 atom stereocenters. The van der Waals surface area contributed by atoms with Gasteiger partial charge in [-0.3, -0.25) is 4.99 Å². The Kier molecular flexibility index (Phi) is 3.81. The van der Waals surface area contributed by atoms with Gasteiger partial charge < -0.3 is 15.8 Å². The molecular formula is C14H15N3O. The Morgan fingerprint density at radius 1 is 1.06 bits per heavy atom. The van der Waals surface area contributed by atoms with Gasteiger partial charge in [-0.2, -0.15) is 0 Å². The van der Waals surface area contributed by atoms with Gasteiger partial charge in [0.2, 0.25) is 0 Å². The van der Waals surface area contributed by atoms with Crippen molar-refractivity contribution in [1.29, 1.82) is 0 Å². The molecule has 0 saturated heterocycles. The maximum Gasteiger partial charge on any atom is 0.192 e. The molecule has 4 nitrogen and oxygen atoms in total. The van der Waals surface area contributed by atoms with E-state index in [0.29, 0.717) is 11.7 Å². The van der Waals surface area contributed by atoms with E-state index in [-0.39, 0.29) is 0 Å². The van der Waals surface area contributed by atoms with E-state index in [1.54, 1.807) is 7.05 Å². The van der Waals surface area contributed by atoms with Crippen LogP contribution in [0.4, 0.5) is 5.69 Å². The van der Waals surface area contributed by atoms with Crippen molar-refractivity contribution in [3.63, 3.8) is 0 Å². The van der Waals surface area contributed by atoms with Crippen LogP contribution >= 0.6 is 0 Å². The smallest absolute Gasteiger partial charge is 0.192 e. The molecule has 0 fully saturated rings. The van der Waals surface area contributed by atoms with E-state index in [1.807, 2.05) is 54.6 Å². The monoisotopic (exact) mass is 241 g/mol. The Labute approximate surface area is 106 Å². The predicted octanol–water partition coefficient (Wildman–Crippen LogP) is 2.84. The fraction of sp³-hybridized carbons (Fsp3) is 0.0714. The van der Waals surface area contributed by atoms with E-state index in [0.717, 1.165) is 11.4 Å². The van der Waals surface area contributed by atoms with Crippen molar-refractivity contribution in [2.75, 3.05) is 12.4 Å². The number of guanidine groups is 1. The molecule has 3 N–H and O–H groups in total. The van der Waals surface area contributed by atoms with Gasteiger partial charge >= 0.3 is 0 Å². The number of anilines is 1. The van der Waals surface area contributed by atoms with E-state index in [1.165, 1.54) is 0 Å². The molecule has 2 rings (SSSR count). The van der Waals surface area contributed by atoms with E-state index < -0.39 is 0 Å². The first-order chi connectivity index (χ1) is 8.79. The van der Waals surface area contributed by atoms with Gasteiger partial charge in [0.1, 0.15) is 5.75 Å². The highest BCUT2D eigenvalue weighted by molar-refractivity contribution is 5.93. The number of aliphatic imine (C=N–C) groups is 1. The van der Waals surface area contributed by atoms with Crippen LogP contribution in [0.25, 0.3) is 0 Å². The number of para-hydroxylation sites is 3. The van der Waals surface area contributed by atoms with Gasteiger partial charge in [-0.1, -0.05) is 30.3 Å². The third-order valence-corrected chi connectivity index (χ3v) is 2.36. The summed E-state index contributed by atoms with van der Waals surface area (Å²) in [7, 11) is 1.63. The highest BCUT2D eigenvalue weighted by atomic mass is 16.5. The fourth-order valence-corrected chi connectivity index (χ4v) is 1.47. The van der Waals surface area contributed by atoms with Gasteiger partial charge in [0.25, 0.3) is 0 Å². The first-order valence-electron chi connectivity index (χ1n) is 5.61. The third-order valence-electron chi connectivity index (χ3n) is 2.36. The van der Waals surface area contributed by atoms with Crippen LogP contribution < -0.4 is 15.8 Å². The Morgan fingerprint density at radius 2 is 1.72 bits per heavy atom. The van der Waals surface area contributed by atoms with E-state index in [2.05, 4.69) is 10.3 Å². The minimum Gasteiger partial charge on any atom is -0.455 e. The molecule has 0 heterocycles. The Morgan fingerprint density at radius 3 is 2.44 bits per heavy atom. The maximum atomic E-state index is 5.78. The van der Waals surface area contributed by atoms with Crippen molar-refractivity contribution in [3.8, 4) is 11.5 Å². The van der Waals surface area contributed by atoms with Crippen LogP contribution in [-0.2, 0) is 0 Å². The molecule has 0 bridgehead atoms. The van der Waals surface area contributed by atoms with Crippen molar-refractivity contribution >= 4 is 11.6 Å². The van der Waals surface area contributed by atoms with E-state index in [9.17, 15) is 0 Å². The van der Waals surface area contributed by atoms with Gasteiger partial charge in [0.05, 0.1) is 5.69 Å². The average molecular weight is 241 g/mol. The molecule has 2 aromatic carbocycles. The standard InChI is InChI=1S/C14H15N3O/c1-16-14(15)17-12-9-5-6-10-13(12)18-11-7-3-2-4-8-11/h2-10H,1H3,(H3,15,16,17). The molecule has 0 unspecified atom stereocenters. The first-order valence-corrected chi connectivity index (χ1v) is 5.61. The fourth-order valence-electron chi connectivity index (χ4n) is 1.47. The minimum atomic E-state index is 0.346. The molecule has 18 heavy (non-hydrogen) atoms. The zero-order chi connectivity index (χ0) is 12.8. The summed E-state index contributed by atoms with van der Waals surface area (Å²) >= 11 is 0. The highest BCUT2D eigenvalue weighted by Crippen LogP contribution is 2.28. The summed E-state index contributed by atoms with van der Waals surface area (Å²) in [6.45, 7) is 0. The lowest BCUT2D eigenvalue weighted by Crippen LogP contribution is -2.22. The summed E-state index contributed by atoms with van der Waals surface area (Å²) < 4.78 is 5.78. The molecule has 0 aliphatic heterocycles. The van der Waals surface area contributed by atoms with Gasteiger partial charge in [-0.15, -0.1) is 0 Å². The van der Waals surface area contributed by atoms with Crippen molar-refractivity contribution in [1.82, 2.24) is 0 Å². The van der Waals surface area contributed by atoms with E-state index in [4.69, 9.17) is 10.5 Å². The van der Waals surface area contributed by atoms with Gasteiger partial charge in [0, 0.05) is 7.05 Å². The van der Waals surface area contributed by atoms with Gasteiger partial charge in [0.15, 0.2) is 11.7 Å². The molecule has 92 valence electrons. The average Bonchev–Trinajstić information content (AvgIpc) is 2.42. The molecule has 0 aromatic heterocycles. The number of rotatable bonds is 3. The van der Waals surface area contributed by atoms with E-state index >= 15 is 0 Å². The van der Waals surface area contributed by atoms with Crippen molar-refractivity contribution in [2.24, 2.45) is 10.7 Å². The second-order valence-electron chi connectivity index (χ2n) is 3.65. The van der Waals surface area contributed by atoms with Crippen LogP contribution in [0.15, 0.2) is 59.6 Å². The van der Waals surface area contributed by atoms with Crippen LogP contribution in [-0.4, -0.2) is 13.0 Å². The summed E-state index contributed by atoms with van der Waals surface area (Å²) in [6, 6.07) is 17.2. The van der Waals surface area contributed by atoms with Crippen LogP contribution in [0.3, 0.4) is 0 Å². The zero-order valence-electron chi connectivity index (χ0n) is 10.1. The Balaban J connectivity index is 2.23. The van der Waals surface area contributed by atoms with Crippen LogP contribution in [0.2, 0.25) is 0 Å². The number of benzene rings is 2. The number of hydrogen-bond acceptors (Lipinski definition) is 2. The molecular weight excluding hydrogens is 226 g/mol. The molecule has 4 heteroatoms. The number of nitrogens with zero attached hydrogens (tertiary/aromatic N) is 1. The zero-order valence-corrected chi connectivity index (χ0v) is 10.1. The van der Waals surface area contributed by atoms with Crippen molar-refractivity contribution in [3.05, 3.63) is 54.6 Å². The molecule has 0 aliphatic carbocycles. The minimum absolute atomic E-state index is 0.346. The highest BCUT2D eigenvalue weighted by Gasteiger charge is 2.04. The quantitative estimate of drug-likeness (QED) is 0.641. The molecule has 0 radical (unpaired) electrons. The lowest BCUT2D eigenvalue weighted by atomic mass is 10.3. The number of nitrogens with two attached hydrogens (primary N) is 1. The third kappa shape index (κ3) is 3.01. The second-order valence-corrected chi connectivity index (χ2v) is 3.65. The molecule has 2 aromatic rings. The van der Waals surface area contributed by atoms with Gasteiger partial charge in [-0.25, -0.2) is 0 Å². The lowest BCUT2D eigenvalue weighted by molar-refractivity contribution is 0.485. The van der Waals surface area contributed by atoms with Crippen molar-refractivity contribution < 1.29 is 4.74 Å². The summed E-state index contributed by atoms with van der Waals surface area (Å²) in [5.74, 6) is 1.83. The van der Waals surface area contributed by atoms with Crippen molar-refractivity contribution in [2.45, 2.75) is 0 Å². The maximum absolute atomic E-state index is 5.78. The lowest BCUT2D eigenvalue weighted by Gasteiger charge is -2.12. The molecule has 0 aliphatic rings. The first kappa shape index (κ1) is 12.0. The Bertz CT molecular complexity index is 538. The number of ether oxygens (including phenoxy) is 1. The van der Waals surface area contributed by atoms with Crippen LogP contribution in [0.5, 0.6) is 11.5 Å². The van der Waals surface area contributed by atoms with Crippen LogP contribution in [0.1, 0.15) is 0 Å². The normalized spacial score (nSPS) is 11.1. The summed E-state index contributed by atoms with van der Waals surface area (Å²) in [5, 5.41) is 2.98. The van der Waals surface area contributed by atoms with Crippen LogP contribution in [0, 0.1) is 0 Å². The largest absolute Gasteiger partial charge is 0.455 e. The molecule has 0 amide bonds. The second kappa shape index (κ2) is 5.72. The predicted molar refractivity (Wildman–Crippen MR) is 74.1 cm³/mol. The number of hydrogen-bond donors (Lipinski definition) is 2. The topological polar surface area (TPSA) is 59.6 Å². The Hall–Kier alpha value is -2.49. The summed E-state index contributed by atoms with van der Waals surface area (Å²) in [5.41, 5.74) is 6.43. The SMILES string of the molecule is CN=C(N)Nc1ccccc1Oc1ccccc1. The number of nitrogens with one attached hydrogen (secondary N) is 1. The molecule has 0 spiro atoms. The summed E-state index contributed by atoms with van der Waals surface area (Å²) in [4.78, 5) is 3.86. The van der Waals surface area contributed by atoms with Gasteiger partial charge in [-0.05, 0) is 24.3 Å². The molecule has 0 saturated carbocycles.